The molecule has 4 rings (SSSR count). The van der Waals surface area contributed by atoms with Crippen molar-refractivity contribution in [1.29, 1.82) is 0 Å². The molecule has 1 unspecified atom stereocenters. The Labute approximate surface area is 172 Å². The largest absolute Gasteiger partial charge is 0.467 e. The summed E-state index contributed by atoms with van der Waals surface area (Å²) in [5, 5.41) is 0.665. The lowest BCUT2D eigenvalue weighted by Gasteiger charge is -2.40. The molecule has 1 fully saturated rings. The highest BCUT2D eigenvalue weighted by Gasteiger charge is 2.31. The predicted octanol–water partition coefficient (Wildman–Crippen LogP) is 4.86. The zero-order chi connectivity index (χ0) is 20.4. The topological polar surface area (TPSA) is 51.3 Å². The molecule has 1 saturated heterocycles. The molecule has 5 heteroatoms. The minimum Gasteiger partial charge on any atom is -0.467 e. The Balaban J connectivity index is 1.85. The summed E-state index contributed by atoms with van der Waals surface area (Å²) in [5.41, 5.74) is 0.795. The van der Waals surface area contributed by atoms with Gasteiger partial charge in [-0.3, -0.25) is 14.3 Å². The van der Waals surface area contributed by atoms with Gasteiger partial charge in [-0.1, -0.05) is 39.3 Å². The molecule has 0 radical (unpaired) electrons. The lowest BCUT2D eigenvalue weighted by molar-refractivity contribution is 0.0836. The van der Waals surface area contributed by atoms with Crippen LogP contribution in [0.5, 0.6) is 0 Å². The first-order valence-corrected chi connectivity index (χ1v) is 10.8. The van der Waals surface area contributed by atoms with Gasteiger partial charge in [0.15, 0.2) is 0 Å². The van der Waals surface area contributed by atoms with Crippen LogP contribution >= 0.6 is 0 Å². The van der Waals surface area contributed by atoms with E-state index in [0.717, 1.165) is 43.0 Å². The van der Waals surface area contributed by atoms with Gasteiger partial charge in [-0.2, -0.15) is 0 Å². The number of para-hydroxylation sites is 1. The van der Waals surface area contributed by atoms with Crippen LogP contribution in [-0.4, -0.2) is 27.5 Å². The van der Waals surface area contributed by atoms with E-state index in [1.165, 1.54) is 6.42 Å². The quantitative estimate of drug-likeness (QED) is 0.600. The number of aromatic nitrogens is 2. The molecular formula is C24H31N3O2. The van der Waals surface area contributed by atoms with E-state index in [-0.39, 0.29) is 11.6 Å². The molecule has 1 aliphatic heterocycles. The molecule has 3 heterocycles. The van der Waals surface area contributed by atoms with Crippen molar-refractivity contribution in [2.24, 2.45) is 11.8 Å². The van der Waals surface area contributed by atoms with Gasteiger partial charge in [0.25, 0.3) is 5.56 Å². The van der Waals surface area contributed by atoms with E-state index in [0.29, 0.717) is 23.8 Å². The number of piperidine rings is 1. The van der Waals surface area contributed by atoms with E-state index in [9.17, 15) is 4.79 Å². The van der Waals surface area contributed by atoms with Crippen molar-refractivity contribution in [3.05, 3.63) is 64.6 Å². The highest BCUT2D eigenvalue weighted by molar-refractivity contribution is 5.77. The van der Waals surface area contributed by atoms with Gasteiger partial charge < -0.3 is 4.42 Å². The van der Waals surface area contributed by atoms with E-state index in [1.54, 1.807) is 6.26 Å². The van der Waals surface area contributed by atoms with Crippen molar-refractivity contribution < 1.29 is 4.42 Å². The number of benzene rings is 1. The molecule has 154 valence electrons. The molecule has 2 aromatic heterocycles. The maximum Gasteiger partial charge on any atom is 0.261 e. The van der Waals surface area contributed by atoms with Gasteiger partial charge in [-0.25, -0.2) is 4.98 Å². The van der Waals surface area contributed by atoms with Crippen LogP contribution in [0.25, 0.3) is 10.9 Å². The first kappa shape index (κ1) is 19.9. The highest BCUT2D eigenvalue weighted by atomic mass is 16.3. The van der Waals surface area contributed by atoms with Gasteiger partial charge >= 0.3 is 0 Å². The van der Waals surface area contributed by atoms with Crippen molar-refractivity contribution in [3.63, 3.8) is 0 Å². The van der Waals surface area contributed by atoms with Gasteiger partial charge in [0.2, 0.25) is 0 Å². The first-order chi connectivity index (χ1) is 14.1. The number of hydrogen-bond donors (Lipinski definition) is 0. The van der Waals surface area contributed by atoms with E-state index in [2.05, 4.69) is 25.7 Å². The summed E-state index contributed by atoms with van der Waals surface area (Å²) in [5.74, 6) is 2.96. The molecule has 3 atom stereocenters. The standard InChI is InChI=1S/C24H31N3O2/c1-4-8-22(26-14-17(2)13-18(3)15-26)23-25-21-11-6-5-10-20(21)24(28)27(23)16-19-9-7-12-29-19/h5-7,9-12,17-18,22H,4,8,13-16H2,1-3H3/t17-,18+,22?. The lowest BCUT2D eigenvalue weighted by atomic mass is 9.90. The summed E-state index contributed by atoms with van der Waals surface area (Å²) in [7, 11) is 0. The second-order valence-corrected chi connectivity index (χ2v) is 8.66. The van der Waals surface area contributed by atoms with Gasteiger partial charge in [0, 0.05) is 13.1 Å². The third kappa shape index (κ3) is 4.15. The molecular weight excluding hydrogens is 362 g/mol. The van der Waals surface area contributed by atoms with E-state index in [4.69, 9.17) is 9.40 Å². The fourth-order valence-corrected chi connectivity index (χ4v) is 4.86. The summed E-state index contributed by atoms with van der Waals surface area (Å²) in [6.07, 6.45) is 4.96. The van der Waals surface area contributed by atoms with E-state index < -0.39 is 0 Å². The molecule has 0 spiro atoms. The van der Waals surface area contributed by atoms with E-state index in [1.807, 2.05) is 41.0 Å². The van der Waals surface area contributed by atoms with Crippen molar-refractivity contribution in [2.45, 2.75) is 52.6 Å². The maximum atomic E-state index is 13.5. The molecule has 29 heavy (non-hydrogen) atoms. The summed E-state index contributed by atoms with van der Waals surface area (Å²) in [4.78, 5) is 21.1. The summed E-state index contributed by atoms with van der Waals surface area (Å²) >= 11 is 0. The van der Waals surface area contributed by atoms with Crippen molar-refractivity contribution in [1.82, 2.24) is 14.5 Å². The van der Waals surface area contributed by atoms with Crippen LogP contribution in [0, 0.1) is 11.8 Å². The van der Waals surface area contributed by atoms with E-state index >= 15 is 0 Å². The van der Waals surface area contributed by atoms with Crippen LogP contribution < -0.4 is 5.56 Å². The number of nitrogens with zero attached hydrogens (tertiary/aromatic N) is 3. The molecule has 0 amide bonds. The second-order valence-electron chi connectivity index (χ2n) is 8.66. The van der Waals surface area contributed by atoms with Gasteiger partial charge in [-0.05, 0) is 48.9 Å². The smallest absolute Gasteiger partial charge is 0.261 e. The molecule has 0 bridgehead atoms. The van der Waals surface area contributed by atoms with Crippen LogP contribution in [0.1, 0.15) is 57.7 Å². The summed E-state index contributed by atoms with van der Waals surface area (Å²) in [6.45, 7) is 9.39. The average Bonchev–Trinajstić information content (AvgIpc) is 3.21. The average molecular weight is 394 g/mol. The monoisotopic (exact) mass is 393 g/mol. The number of rotatable bonds is 6. The highest BCUT2D eigenvalue weighted by Crippen LogP contribution is 2.32. The van der Waals surface area contributed by atoms with Crippen LogP contribution in [0.2, 0.25) is 0 Å². The molecule has 0 saturated carbocycles. The zero-order valence-corrected chi connectivity index (χ0v) is 17.7. The number of hydrogen-bond acceptors (Lipinski definition) is 4. The number of likely N-dealkylation sites (tertiary alicyclic amines) is 1. The second kappa shape index (κ2) is 8.54. The third-order valence-electron chi connectivity index (χ3n) is 5.98. The fourth-order valence-electron chi connectivity index (χ4n) is 4.86. The van der Waals surface area contributed by atoms with Crippen LogP contribution in [-0.2, 0) is 6.54 Å². The van der Waals surface area contributed by atoms with Gasteiger partial charge in [0.05, 0.1) is 29.8 Å². The Hall–Kier alpha value is -2.40. The SMILES string of the molecule is CCCC(c1nc2ccccc2c(=O)n1Cc1ccco1)N1C[C@H](C)C[C@H](C)C1. The number of fused-ring (bicyclic) bond motifs is 1. The molecule has 1 aliphatic rings. The number of furan rings is 1. The first-order valence-electron chi connectivity index (χ1n) is 10.8. The van der Waals surface area contributed by atoms with Gasteiger partial charge in [-0.15, -0.1) is 0 Å². The minimum atomic E-state index is 0.0150. The summed E-state index contributed by atoms with van der Waals surface area (Å²) in [6, 6.07) is 11.6. The van der Waals surface area contributed by atoms with Crippen LogP contribution in [0.15, 0.2) is 51.9 Å². The predicted molar refractivity (Wildman–Crippen MR) is 116 cm³/mol. The van der Waals surface area contributed by atoms with Crippen molar-refractivity contribution >= 4 is 10.9 Å². The molecule has 0 N–H and O–H groups in total. The van der Waals surface area contributed by atoms with Crippen LogP contribution in [0.4, 0.5) is 0 Å². The molecule has 5 nitrogen and oxygen atoms in total. The minimum absolute atomic E-state index is 0.0150. The fraction of sp³-hybridized carbons (Fsp3) is 0.500. The Morgan fingerprint density at radius 1 is 1.14 bits per heavy atom. The Bertz CT molecular complexity index is 999. The Morgan fingerprint density at radius 2 is 1.90 bits per heavy atom. The summed E-state index contributed by atoms with van der Waals surface area (Å²) < 4.78 is 7.42. The van der Waals surface area contributed by atoms with Crippen molar-refractivity contribution in [3.8, 4) is 0 Å². The normalized spacial score (nSPS) is 21.5. The Morgan fingerprint density at radius 3 is 2.59 bits per heavy atom. The third-order valence-corrected chi connectivity index (χ3v) is 5.98. The molecule has 1 aromatic carbocycles. The maximum absolute atomic E-state index is 13.5. The molecule has 3 aromatic rings. The Kier molecular flexibility index (Phi) is 5.86. The molecule has 0 aliphatic carbocycles. The zero-order valence-electron chi connectivity index (χ0n) is 17.7. The van der Waals surface area contributed by atoms with Crippen molar-refractivity contribution in [2.75, 3.05) is 13.1 Å². The van der Waals surface area contributed by atoms with Gasteiger partial charge in [0.1, 0.15) is 11.6 Å². The van der Waals surface area contributed by atoms with Crippen LogP contribution in [0.3, 0.4) is 0 Å². The lowest BCUT2D eigenvalue weighted by Crippen LogP contribution is -2.43.